The third-order valence-electron chi connectivity index (χ3n) is 3.76. The minimum atomic E-state index is -0.197. The van der Waals surface area contributed by atoms with E-state index in [9.17, 15) is 9.59 Å². The first-order chi connectivity index (χ1) is 8.22. The van der Waals surface area contributed by atoms with E-state index in [0.717, 1.165) is 35.1 Å². The van der Waals surface area contributed by atoms with E-state index in [4.69, 9.17) is 4.74 Å². The van der Waals surface area contributed by atoms with Gasteiger partial charge in [0.2, 0.25) is 0 Å². The van der Waals surface area contributed by atoms with E-state index in [1.165, 1.54) is 0 Å². The number of fused-ring (bicyclic) bond motifs is 3. The maximum absolute atomic E-state index is 11.9. The minimum Gasteiger partial charge on any atom is -0.460 e. The van der Waals surface area contributed by atoms with Crippen LogP contribution < -0.4 is 0 Å². The van der Waals surface area contributed by atoms with Crippen LogP contribution in [0.25, 0.3) is 0 Å². The van der Waals surface area contributed by atoms with Crippen LogP contribution in [0.4, 0.5) is 0 Å². The molecule has 0 fully saturated rings. The van der Waals surface area contributed by atoms with Gasteiger partial charge in [0.05, 0.1) is 5.92 Å². The quantitative estimate of drug-likeness (QED) is 0.695. The zero-order valence-corrected chi connectivity index (χ0v) is 9.79. The Morgan fingerprint density at radius 1 is 1.29 bits per heavy atom. The average molecular weight is 230 g/mol. The van der Waals surface area contributed by atoms with Gasteiger partial charge in [-0.05, 0) is 24.0 Å². The zero-order valence-electron chi connectivity index (χ0n) is 9.79. The normalized spacial score (nSPS) is 22.1. The third kappa shape index (κ3) is 1.42. The molecule has 3 heteroatoms. The van der Waals surface area contributed by atoms with Gasteiger partial charge in [-0.1, -0.05) is 19.1 Å². The highest BCUT2D eigenvalue weighted by atomic mass is 16.5. The summed E-state index contributed by atoms with van der Waals surface area (Å²) < 4.78 is 5.19. The molecule has 3 nitrogen and oxygen atoms in total. The molecule has 17 heavy (non-hydrogen) atoms. The Balaban J connectivity index is 2.19. The van der Waals surface area contributed by atoms with Gasteiger partial charge in [0.1, 0.15) is 6.61 Å². The molecule has 0 radical (unpaired) electrons. The van der Waals surface area contributed by atoms with Crippen LogP contribution in [-0.2, 0) is 22.6 Å². The Bertz CT molecular complexity index is 516. The van der Waals surface area contributed by atoms with E-state index < -0.39 is 0 Å². The highest BCUT2D eigenvalue weighted by molar-refractivity contribution is 6.02. The summed E-state index contributed by atoms with van der Waals surface area (Å²) in [5.41, 5.74) is 3.89. The molecule has 3 rings (SSSR count). The van der Waals surface area contributed by atoms with Crippen LogP contribution in [0.15, 0.2) is 12.1 Å². The Kier molecular flexibility index (Phi) is 2.28. The minimum absolute atomic E-state index is 0.162. The van der Waals surface area contributed by atoms with Gasteiger partial charge in [-0.25, -0.2) is 0 Å². The van der Waals surface area contributed by atoms with Crippen molar-refractivity contribution in [3.05, 3.63) is 34.4 Å². The molecule has 0 N–H and O–H groups in total. The number of esters is 1. The summed E-state index contributed by atoms with van der Waals surface area (Å²) >= 11 is 0. The molecule has 0 saturated heterocycles. The molecule has 0 bridgehead atoms. The van der Waals surface area contributed by atoms with Crippen LogP contribution in [0.3, 0.4) is 0 Å². The lowest BCUT2D eigenvalue weighted by Crippen LogP contribution is -2.24. The first kappa shape index (κ1) is 10.5. The second-order valence-electron chi connectivity index (χ2n) is 4.66. The zero-order chi connectivity index (χ0) is 12.0. The fraction of sp³-hybridized carbons (Fsp3) is 0.429. The fourth-order valence-corrected chi connectivity index (χ4v) is 2.88. The standard InChI is InChI=1S/C14H14O3/c1-2-9-10-5-3-8-4-6-12(15)13(8)11(10)7-17-14(9)16/h3,5,9H,2,4,6-7H2,1H3/t9-/m1/s1. The molecule has 2 aliphatic rings. The molecule has 1 aromatic rings. The van der Waals surface area contributed by atoms with E-state index in [1.807, 2.05) is 19.1 Å². The summed E-state index contributed by atoms with van der Waals surface area (Å²) in [6.07, 6.45) is 2.14. The van der Waals surface area contributed by atoms with E-state index in [1.54, 1.807) is 0 Å². The van der Waals surface area contributed by atoms with Crippen LogP contribution in [0, 0.1) is 0 Å². The van der Waals surface area contributed by atoms with Crippen LogP contribution in [-0.4, -0.2) is 11.8 Å². The molecule has 1 aliphatic carbocycles. The number of carbonyl (C=O) groups excluding carboxylic acids is 2. The summed E-state index contributed by atoms with van der Waals surface area (Å²) in [6, 6.07) is 4.00. The van der Waals surface area contributed by atoms with Crippen molar-refractivity contribution in [1.29, 1.82) is 0 Å². The number of hydrogen-bond acceptors (Lipinski definition) is 3. The number of Topliss-reactive ketones (excluding diaryl/α,β-unsaturated/α-hetero) is 1. The monoisotopic (exact) mass is 230 g/mol. The molecular formula is C14H14O3. The highest BCUT2D eigenvalue weighted by Crippen LogP contribution is 2.36. The predicted octanol–water partition coefficient (Wildman–Crippen LogP) is 2.37. The van der Waals surface area contributed by atoms with E-state index >= 15 is 0 Å². The molecule has 0 amide bonds. The van der Waals surface area contributed by atoms with Gasteiger partial charge in [-0.2, -0.15) is 0 Å². The van der Waals surface area contributed by atoms with Crippen LogP contribution in [0.1, 0.15) is 52.7 Å². The first-order valence-corrected chi connectivity index (χ1v) is 6.07. The van der Waals surface area contributed by atoms with Gasteiger partial charge in [0, 0.05) is 17.5 Å². The van der Waals surface area contributed by atoms with Crippen molar-refractivity contribution in [2.24, 2.45) is 0 Å². The maximum atomic E-state index is 11.9. The summed E-state index contributed by atoms with van der Waals surface area (Å²) in [5.74, 6) is -0.160. The lowest BCUT2D eigenvalue weighted by molar-refractivity contribution is -0.148. The molecule has 0 saturated carbocycles. The van der Waals surface area contributed by atoms with Crippen molar-refractivity contribution in [3.63, 3.8) is 0 Å². The Labute approximate surface area is 99.8 Å². The van der Waals surface area contributed by atoms with Crippen molar-refractivity contribution >= 4 is 11.8 Å². The van der Waals surface area contributed by atoms with Gasteiger partial charge in [-0.3, -0.25) is 9.59 Å². The van der Waals surface area contributed by atoms with Gasteiger partial charge in [0.15, 0.2) is 5.78 Å². The SMILES string of the molecule is CC[C@H]1C(=O)OCc2c1ccc1c2C(=O)CC1. The number of cyclic esters (lactones) is 1. The van der Waals surface area contributed by atoms with Crippen LogP contribution >= 0.6 is 0 Å². The number of aryl methyl sites for hydroxylation is 1. The average Bonchev–Trinajstić information content (AvgIpc) is 2.71. The van der Waals surface area contributed by atoms with Crippen molar-refractivity contribution in [3.8, 4) is 0 Å². The van der Waals surface area contributed by atoms with Crippen LogP contribution in [0.2, 0.25) is 0 Å². The largest absolute Gasteiger partial charge is 0.460 e. The summed E-state index contributed by atoms with van der Waals surface area (Å²) in [6.45, 7) is 2.23. The smallest absolute Gasteiger partial charge is 0.313 e. The van der Waals surface area contributed by atoms with Gasteiger partial charge < -0.3 is 4.74 Å². The Morgan fingerprint density at radius 2 is 2.12 bits per heavy atom. The molecule has 1 aliphatic heterocycles. The van der Waals surface area contributed by atoms with Crippen LogP contribution in [0.5, 0.6) is 0 Å². The van der Waals surface area contributed by atoms with Crippen molar-refractivity contribution in [1.82, 2.24) is 0 Å². The number of carbonyl (C=O) groups is 2. The lowest BCUT2D eigenvalue weighted by Gasteiger charge is -2.25. The second-order valence-corrected chi connectivity index (χ2v) is 4.66. The lowest BCUT2D eigenvalue weighted by atomic mass is 9.86. The van der Waals surface area contributed by atoms with E-state index in [-0.39, 0.29) is 24.3 Å². The second kappa shape index (κ2) is 3.69. The molecule has 1 atom stereocenters. The fourth-order valence-electron chi connectivity index (χ4n) is 2.88. The number of benzene rings is 1. The highest BCUT2D eigenvalue weighted by Gasteiger charge is 2.33. The molecule has 0 unspecified atom stereocenters. The first-order valence-electron chi connectivity index (χ1n) is 6.07. The molecule has 88 valence electrons. The third-order valence-corrected chi connectivity index (χ3v) is 3.76. The summed E-state index contributed by atoms with van der Waals surface area (Å²) in [5, 5.41) is 0. The predicted molar refractivity (Wildman–Crippen MR) is 61.9 cm³/mol. The van der Waals surface area contributed by atoms with Crippen molar-refractivity contribution in [2.75, 3.05) is 0 Å². The van der Waals surface area contributed by atoms with Crippen molar-refractivity contribution in [2.45, 2.75) is 38.7 Å². The summed E-state index contributed by atoms with van der Waals surface area (Å²) in [7, 11) is 0. The maximum Gasteiger partial charge on any atom is 0.313 e. The number of hydrogen-bond donors (Lipinski definition) is 0. The van der Waals surface area contributed by atoms with Gasteiger partial charge in [-0.15, -0.1) is 0 Å². The molecule has 0 spiro atoms. The van der Waals surface area contributed by atoms with Crippen molar-refractivity contribution < 1.29 is 14.3 Å². The van der Waals surface area contributed by atoms with E-state index in [2.05, 4.69) is 0 Å². The summed E-state index contributed by atoms with van der Waals surface area (Å²) in [4.78, 5) is 23.5. The van der Waals surface area contributed by atoms with Gasteiger partial charge >= 0.3 is 5.97 Å². The number of rotatable bonds is 1. The molecule has 1 heterocycles. The Morgan fingerprint density at radius 3 is 2.88 bits per heavy atom. The molecular weight excluding hydrogens is 216 g/mol. The Hall–Kier alpha value is -1.64. The topological polar surface area (TPSA) is 43.4 Å². The van der Waals surface area contributed by atoms with E-state index in [0.29, 0.717) is 6.42 Å². The molecule has 1 aromatic carbocycles. The van der Waals surface area contributed by atoms with Gasteiger partial charge in [0.25, 0.3) is 0 Å². The number of ether oxygens (including phenoxy) is 1. The molecule has 0 aromatic heterocycles. The number of ketones is 1.